The third kappa shape index (κ3) is 1.85. The third-order valence-electron chi connectivity index (χ3n) is 2.97. The molecular formula is C12H10BClO4. The molecule has 0 fully saturated rings. The highest BCUT2D eigenvalue weighted by Crippen LogP contribution is 2.31. The Kier molecular flexibility index (Phi) is 2.91. The molecule has 1 aliphatic heterocycles. The summed E-state index contributed by atoms with van der Waals surface area (Å²) in [6.07, 6.45) is 0. The molecule has 92 valence electrons. The Hall–Kier alpha value is -1.27. The van der Waals surface area contributed by atoms with Gasteiger partial charge in [-0.2, -0.15) is 0 Å². The van der Waals surface area contributed by atoms with E-state index < -0.39 is 7.12 Å². The second-order valence-corrected chi connectivity index (χ2v) is 4.53. The van der Waals surface area contributed by atoms with E-state index in [0.717, 1.165) is 5.56 Å². The number of hydrogen-bond acceptors (Lipinski definition) is 4. The zero-order valence-corrected chi connectivity index (χ0v) is 10.1. The summed E-state index contributed by atoms with van der Waals surface area (Å²) in [6.45, 7) is 0.199. The highest BCUT2D eigenvalue weighted by Gasteiger charge is 2.29. The fraction of sp³-hybridized carbons (Fsp3) is 0.167. The predicted molar refractivity (Wildman–Crippen MR) is 67.5 cm³/mol. The highest BCUT2D eigenvalue weighted by atomic mass is 35.5. The lowest BCUT2D eigenvalue weighted by atomic mass is 9.78. The Morgan fingerprint density at radius 1 is 1.33 bits per heavy atom. The van der Waals surface area contributed by atoms with Gasteiger partial charge in [0.25, 0.3) is 0 Å². The van der Waals surface area contributed by atoms with E-state index in [1.165, 1.54) is 0 Å². The van der Waals surface area contributed by atoms with Crippen molar-refractivity contribution >= 4 is 24.2 Å². The first kappa shape index (κ1) is 11.8. The number of halogens is 1. The van der Waals surface area contributed by atoms with E-state index in [4.69, 9.17) is 25.8 Å². The Morgan fingerprint density at radius 2 is 2.17 bits per heavy atom. The van der Waals surface area contributed by atoms with Crippen molar-refractivity contribution in [2.24, 2.45) is 0 Å². The van der Waals surface area contributed by atoms with Crippen molar-refractivity contribution in [1.29, 1.82) is 0 Å². The number of hydrogen-bond donors (Lipinski definition) is 2. The van der Waals surface area contributed by atoms with Gasteiger partial charge in [0.15, 0.2) is 0 Å². The Morgan fingerprint density at radius 3 is 2.89 bits per heavy atom. The Bertz CT molecular complexity index is 596. The van der Waals surface area contributed by atoms with Crippen molar-refractivity contribution in [1.82, 2.24) is 0 Å². The van der Waals surface area contributed by atoms with Crippen LogP contribution in [0.15, 0.2) is 28.7 Å². The second-order valence-electron chi connectivity index (χ2n) is 4.12. The van der Waals surface area contributed by atoms with Crippen LogP contribution in [0.4, 0.5) is 0 Å². The van der Waals surface area contributed by atoms with Gasteiger partial charge in [-0.25, -0.2) is 0 Å². The topological polar surface area (TPSA) is 62.8 Å². The van der Waals surface area contributed by atoms with Crippen LogP contribution in [-0.2, 0) is 17.9 Å². The Labute approximate surface area is 109 Å². The Balaban J connectivity index is 2.09. The highest BCUT2D eigenvalue weighted by molar-refractivity contribution is 6.61. The normalized spacial score (nSPS) is 14.1. The van der Waals surface area contributed by atoms with Gasteiger partial charge in [0.05, 0.1) is 11.6 Å². The summed E-state index contributed by atoms with van der Waals surface area (Å²) in [6, 6.07) is 6.95. The summed E-state index contributed by atoms with van der Waals surface area (Å²) in [4.78, 5) is 0. The summed E-state index contributed by atoms with van der Waals surface area (Å²) >= 11 is 6.18. The van der Waals surface area contributed by atoms with E-state index in [1.54, 1.807) is 24.3 Å². The molecule has 1 aromatic carbocycles. The minimum atomic E-state index is -0.914. The number of aliphatic hydroxyl groups is 1. The maximum atomic E-state index is 9.66. The molecule has 0 spiro atoms. The molecule has 0 amide bonds. The molecule has 6 heteroatoms. The lowest BCUT2D eigenvalue weighted by molar-refractivity contribution is 0.248. The predicted octanol–water partition coefficient (Wildman–Crippen LogP) is 1.31. The van der Waals surface area contributed by atoms with E-state index in [-0.39, 0.29) is 6.61 Å². The summed E-state index contributed by atoms with van der Waals surface area (Å²) in [5, 5.41) is 19.2. The molecular weight excluding hydrogens is 254 g/mol. The standard InChI is InChI=1S/C12H10BClO4/c14-11-3-7-6-17-13(16)10(7)4-9(11)12-2-1-8(5-15)18-12/h1-4,15-16H,5-6H2. The van der Waals surface area contributed by atoms with Gasteiger partial charge in [-0.3, -0.25) is 0 Å². The zero-order valence-electron chi connectivity index (χ0n) is 9.39. The molecule has 0 atom stereocenters. The van der Waals surface area contributed by atoms with E-state index in [0.29, 0.717) is 34.2 Å². The van der Waals surface area contributed by atoms with Crippen LogP contribution < -0.4 is 5.46 Å². The van der Waals surface area contributed by atoms with Gasteiger partial charge in [-0.1, -0.05) is 11.6 Å². The van der Waals surface area contributed by atoms with E-state index in [9.17, 15) is 5.02 Å². The molecule has 18 heavy (non-hydrogen) atoms. The molecule has 0 bridgehead atoms. The first-order chi connectivity index (χ1) is 8.69. The van der Waals surface area contributed by atoms with E-state index in [1.807, 2.05) is 0 Å². The third-order valence-corrected chi connectivity index (χ3v) is 3.29. The molecule has 0 aliphatic carbocycles. The smallest absolute Gasteiger partial charge is 0.459 e. The van der Waals surface area contributed by atoms with E-state index in [2.05, 4.69) is 0 Å². The fourth-order valence-corrected chi connectivity index (χ4v) is 2.32. The summed E-state index contributed by atoms with van der Waals surface area (Å²) in [7, 11) is -0.914. The SMILES string of the molecule is OCc1ccc(-c2cc3c(cc2Cl)COB3O)o1. The quantitative estimate of drug-likeness (QED) is 0.803. The molecule has 4 nitrogen and oxygen atoms in total. The molecule has 0 radical (unpaired) electrons. The fourth-order valence-electron chi connectivity index (χ4n) is 2.04. The van der Waals surface area contributed by atoms with Gasteiger partial charge in [-0.05, 0) is 35.3 Å². The summed E-state index contributed by atoms with van der Waals surface area (Å²) in [5.41, 5.74) is 2.27. The molecule has 2 N–H and O–H groups in total. The van der Waals surface area contributed by atoms with Crippen LogP contribution in [0, 0.1) is 0 Å². The van der Waals surface area contributed by atoms with Crippen molar-refractivity contribution in [3.63, 3.8) is 0 Å². The first-order valence-corrected chi connectivity index (χ1v) is 5.89. The molecule has 1 aromatic heterocycles. The van der Waals surface area contributed by atoms with Crippen molar-refractivity contribution in [3.8, 4) is 11.3 Å². The minimum absolute atomic E-state index is 0.158. The number of benzene rings is 1. The molecule has 1 aliphatic rings. The van der Waals surface area contributed by atoms with E-state index >= 15 is 0 Å². The lowest BCUT2D eigenvalue weighted by Gasteiger charge is -2.05. The largest absolute Gasteiger partial charge is 0.491 e. The van der Waals surface area contributed by atoms with Crippen LogP contribution >= 0.6 is 11.6 Å². The minimum Gasteiger partial charge on any atom is -0.459 e. The average molecular weight is 264 g/mol. The van der Waals surface area contributed by atoms with Crippen molar-refractivity contribution in [2.75, 3.05) is 0 Å². The van der Waals surface area contributed by atoms with Gasteiger partial charge < -0.3 is 19.2 Å². The van der Waals surface area contributed by atoms with Crippen LogP contribution in [0.25, 0.3) is 11.3 Å². The van der Waals surface area contributed by atoms with Crippen LogP contribution in [0.3, 0.4) is 0 Å². The maximum absolute atomic E-state index is 9.66. The molecule has 3 rings (SSSR count). The van der Waals surface area contributed by atoms with Crippen LogP contribution in [0.2, 0.25) is 5.02 Å². The maximum Gasteiger partial charge on any atom is 0.491 e. The van der Waals surface area contributed by atoms with Crippen LogP contribution in [0.5, 0.6) is 0 Å². The van der Waals surface area contributed by atoms with Gasteiger partial charge in [0.2, 0.25) is 0 Å². The average Bonchev–Trinajstić information content (AvgIpc) is 2.96. The van der Waals surface area contributed by atoms with Crippen molar-refractivity contribution < 1.29 is 19.2 Å². The summed E-state index contributed by atoms with van der Waals surface area (Å²) < 4.78 is 10.6. The first-order valence-electron chi connectivity index (χ1n) is 5.51. The molecule has 0 saturated carbocycles. The van der Waals surface area contributed by atoms with Gasteiger partial charge in [0.1, 0.15) is 18.1 Å². The van der Waals surface area contributed by atoms with Gasteiger partial charge >= 0.3 is 7.12 Å². The summed E-state index contributed by atoms with van der Waals surface area (Å²) in [5.74, 6) is 1.03. The monoisotopic (exact) mass is 264 g/mol. The zero-order chi connectivity index (χ0) is 12.7. The molecule has 0 saturated heterocycles. The van der Waals surface area contributed by atoms with Crippen LogP contribution in [0.1, 0.15) is 11.3 Å². The molecule has 2 aromatic rings. The van der Waals surface area contributed by atoms with Gasteiger partial charge in [0, 0.05) is 5.56 Å². The molecule has 0 unspecified atom stereocenters. The lowest BCUT2D eigenvalue weighted by Crippen LogP contribution is -2.28. The molecule has 2 heterocycles. The number of fused-ring (bicyclic) bond motifs is 1. The van der Waals surface area contributed by atoms with Crippen molar-refractivity contribution in [2.45, 2.75) is 13.2 Å². The number of rotatable bonds is 2. The van der Waals surface area contributed by atoms with Crippen LogP contribution in [-0.4, -0.2) is 17.2 Å². The van der Waals surface area contributed by atoms with Crippen molar-refractivity contribution in [3.05, 3.63) is 40.6 Å². The second kappa shape index (κ2) is 4.44. The number of furan rings is 1. The van der Waals surface area contributed by atoms with Gasteiger partial charge in [-0.15, -0.1) is 0 Å². The number of aliphatic hydroxyl groups excluding tert-OH is 1.